The van der Waals surface area contributed by atoms with E-state index in [1.807, 2.05) is 29.9 Å². The summed E-state index contributed by atoms with van der Waals surface area (Å²) in [6, 6.07) is 8.56. The second-order valence-electron chi connectivity index (χ2n) is 4.29. The first-order valence-corrected chi connectivity index (χ1v) is 5.77. The van der Waals surface area contributed by atoms with Gasteiger partial charge in [-0.15, -0.1) is 8.78 Å². The fraction of sp³-hybridized carbons (Fsp3) is 0.231. The Labute approximate surface area is 108 Å². The standard InChI is InChI=1S/C13H12F2N2O2/c1-17-6-2-3-10(17)8-16-9-4-5-11-12(7-9)19-13(14,15)18-11/h2-7,16H,8H2,1H3. The first-order chi connectivity index (χ1) is 9.03. The maximum atomic E-state index is 12.9. The molecule has 0 saturated heterocycles. The number of rotatable bonds is 3. The first kappa shape index (κ1) is 11.8. The molecule has 2 aromatic rings. The monoisotopic (exact) mass is 266 g/mol. The summed E-state index contributed by atoms with van der Waals surface area (Å²) in [4.78, 5) is 0. The van der Waals surface area contributed by atoms with Gasteiger partial charge in [0.1, 0.15) is 0 Å². The minimum absolute atomic E-state index is 0.0434. The lowest BCUT2D eigenvalue weighted by Crippen LogP contribution is -2.25. The summed E-state index contributed by atoms with van der Waals surface area (Å²) in [5.41, 5.74) is 1.78. The van der Waals surface area contributed by atoms with Gasteiger partial charge in [0.2, 0.25) is 0 Å². The molecule has 1 aromatic carbocycles. The lowest BCUT2D eigenvalue weighted by molar-refractivity contribution is -0.286. The molecule has 0 radical (unpaired) electrons. The average Bonchev–Trinajstić information content (AvgIpc) is 2.87. The molecule has 0 fully saturated rings. The molecular formula is C13H12F2N2O2. The third-order valence-electron chi connectivity index (χ3n) is 2.93. The molecule has 0 bridgehead atoms. The minimum Gasteiger partial charge on any atom is -0.395 e. The Morgan fingerprint density at radius 1 is 1.21 bits per heavy atom. The zero-order chi connectivity index (χ0) is 13.5. The third kappa shape index (κ3) is 2.33. The van der Waals surface area contributed by atoms with E-state index < -0.39 is 6.29 Å². The van der Waals surface area contributed by atoms with Crippen molar-refractivity contribution in [2.45, 2.75) is 12.8 Å². The maximum absolute atomic E-state index is 12.9. The summed E-state index contributed by atoms with van der Waals surface area (Å²) in [7, 11) is 1.94. The van der Waals surface area contributed by atoms with Gasteiger partial charge in [-0.25, -0.2) is 0 Å². The van der Waals surface area contributed by atoms with E-state index in [0.717, 1.165) is 5.69 Å². The van der Waals surface area contributed by atoms with Crippen LogP contribution in [0.3, 0.4) is 0 Å². The molecule has 0 atom stereocenters. The van der Waals surface area contributed by atoms with Gasteiger partial charge in [-0.2, -0.15) is 0 Å². The van der Waals surface area contributed by atoms with E-state index in [1.165, 1.54) is 12.1 Å². The largest absolute Gasteiger partial charge is 0.586 e. The van der Waals surface area contributed by atoms with Crippen LogP contribution in [-0.2, 0) is 13.6 Å². The molecule has 0 aliphatic carbocycles. The van der Waals surface area contributed by atoms with Gasteiger partial charge in [-0.05, 0) is 24.3 Å². The van der Waals surface area contributed by atoms with Gasteiger partial charge in [0, 0.05) is 30.7 Å². The summed E-state index contributed by atoms with van der Waals surface area (Å²) in [5.74, 6) is 0.0938. The molecule has 6 heteroatoms. The summed E-state index contributed by atoms with van der Waals surface area (Å²) in [5, 5.41) is 3.14. The van der Waals surface area contributed by atoms with E-state index in [-0.39, 0.29) is 11.5 Å². The van der Waals surface area contributed by atoms with E-state index in [0.29, 0.717) is 12.2 Å². The van der Waals surface area contributed by atoms with Gasteiger partial charge in [0.25, 0.3) is 0 Å². The Morgan fingerprint density at radius 2 is 2.00 bits per heavy atom. The first-order valence-electron chi connectivity index (χ1n) is 5.77. The van der Waals surface area contributed by atoms with E-state index in [1.54, 1.807) is 6.07 Å². The van der Waals surface area contributed by atoms with Crippen molar-refractivity contribution in [1.29, 1.82) is 0 Å². The molecule has 1 N–H and O–H groups in total. The van der Waals surface area contributed by atoms with Crippen molar-refractivity contribution in [3.8, 4) is 11.5 Å². The molecule has 19 heavy (non-hydrogen) atoms. The lowest BCUT2D eigenvalue weighted by atomic mass is 10.2. The van der Waals surface area contributed by atoms with Crippen LogP contribution in [0, 0.1) is 0 Å². The van der Waals surface area contributed by atoms with Gasteiger partial charge >= 0.3 is 6.29 Å². The number of aromatic nitrogens is 1. The quantitative estimate of drug-likeness (QED) is 0.927. The van der Waals surface area contributed by atoms with Gasteiger partial charge in [0.15, 0.2) is 11.5 Å². The number of nitrogens with zero attached hydrogens (tertiary/aromatic N) is 1. The molecule has 3 rings (SSSR count). The molecule has 1 aliphatic heterocycles. The predicted molar refractivity (Wildman–Crippen MR) is 65.4 cm³/mol. The Balaban J connectivity index is 1.72. The SMILES string of the molecule is Cn1cccc1CNc1ccc2c(c1)OC(F)(F)O2. The highest BCUT2D eigenvalue weighted by molar-refractivity contribution is 5.56. The average molecular weight is 266 g/mol. The second-order valence-corrected chi connectivity index (χ2v) is 4.29. The number of hydrogen-bond donors (Lipinski definition) is 1. The summed E-state index contributed by atoms with van der Waals surface area (Å²) in [6.45, 7) is 0.597. The fourth-order valence-electron chi connectivity index (χ4n) is 1.93. The van der Waals surface area contributed by atoms with E-state index >= 15 is 0 Å². The van der Waals surface area contributed by atoms with Gasteiger partial charge in [-0.3, -0.25) is 0 Å². The molecule has 4 nitrogen and oxygen atoms in total. The van der Waals surface area contributed by atoms with E-state index in [2.05, 4.69) is 14.8 Å². The molecule has 0 amide bonds. The number of benzene rings is 1. The highest BCUT2D eigenvalue weighted by atomic mass is 19.3. The molecule has 1 aliphatic rings. The van der Waals surface area contributed by atoms with Crippen molar-refractivity contribution in [2.75, 3.05) is 5.32 Å². The van der Waals surface area contributed by atoms with Crippen LogP contribution in [0.25, 0.3) is 0 Å². The Bertz CT molecular complexity index is 610. The van der Waals surface area contributed by atoms with Crippen LogP contribution in [0.2, 0.25) is 0 Å². The van der Waals surface area contributed by atoms with Gasteiger partial charge < -0.3 is 19.4 Å². The number of fused-ring (bicyclic) bond motifs is 1. The zero-order valence-electron chi connectivity index (χ0n) is 10.2. The number of anilines is 1. The number of ether oxygens (including phenoxy) is 2. The third-order valence-corrected chi connectivity index (χ3v) is 2.93. The maximum Gasteiger partial charge on any atom is 0.586 e. The molecule has 0 unspecified atom stereocenters. The van der Waals surface area contributed by atoms with Crippen molar-refractivity contribution in [1.82, 2.24) is 4.57 Å². The Morgan fingerprint density at radius 3 is 2.74 bits per heavy atom. The summed E-state index contributed by atoms with van der Waals surface area (Å²) in [6.07, 6.45) is -1.63. The predicted octanol–water partition coefficient (Wildman–Crippen LogP) is 2.96. The lowest BCUT2D eigenvalue weighted by Gasteiger charge is -2.08. The van der Waals surface area contributed by atoms with Crippen LogP contribution in [0.5, 0.6) is 11.5 Å². The number of halogens is 2. The van der Waals surface area contributed by atoms with Crippen molar-refractivity contribution in [2.24, 2.45) is 7.05 Å². The number of aryl methyl sites for hydroxylation is 1. The van der Waals surface area contributed by atoms with Crippen LogP contribution in [-0.4, -0.2) is 10.9 Å². The van der Waals surface area contributed by atoms with E-state index in [4.69, 9.17) is 0 Å². The smallest absolute Gasteiger partial charge is 0.395 e. The Hall–Kier alpha value is -2.24. The molecule has 2 heterocycles. The van der Waals surface area contributed by atoms with Gasteiger partial charge in [-0.1, -0.05) is 0 Å². The van der Waals surface area contributed by atoms with Crippen LogP contribution in [0.15, 0.2) is 36.5 Å². The molecule has 1 aromatic heterocycles. The highest BCUT2D eigenvalue weighted by Gasteiger charge is 2.43. The number of alkyl halides is 2. The minimum atomic E-state index is -3.57. The normalized spacial score (nSPS) is 15.5. The Kier molecular flexibility index (Phi) is 2.58. The molecule has 0 saturated carbocycles. The number of hydrogen-bond acceptors (Lipinski definition) is 3. The second kappa shape index (κ2) is 4.15. The van der Waals surface area contributed by atoms with Crippen molar-refractivity contribution >= 4 is 5.69 Å². The van der Waals surface area contributed by atoms with Crippen LogP contribution in [0.4, 0.5) is 14.5 Å². The summed E-state index contributed by atoms with van der Waals surface area (Å²) >= 11 is 0. The van der Waals surface area contributed by atoms with Crippen LogP contribution in [0.1, 0.15) is 5.69 Å². The van der Waals surface area contributed by atoms with Crippen LogP contribution < -0.4 is 14.8 Å². The van der Waals surface area contributed by atoms with E-state index in [9.17, 15) is 8.78 Å². The topological polar surface area (TPSA) is 35.4 Å². The molecular weight excluding hydrogens is 254 g/mol. The van der Waals surface area contributed by atoms with Gasteiger partial charge in [0.05, 0.1) is 6.54 Å². The summed E-state index contributed by atoms with van der Waals surface area (Å²) < 4.78 is 36.4. The molecule has 0 spiro atoms. The fourth-order valence-corrected chi connectivity index (χ4v) is 1.93. The van der Waals surface area contributed by atoms with Crippen LogP contribution >= 0.6 is 0 Å². The molecule has 100 valence electrons. The zero-order valence-corrected chi connectivity index (χ0v) is 10.2. The van der Waals surface area contributed by atoms with Crippen molar-refractivity contribution in [3.63, 3.8) is 0 Å². The number of nitrogens with one attached hydrogen (secondary N) is 1. The van der Waals surface area contributed by atoms with Crippen molar-refractivity contribution in [3.05, 3.63) is 42.2 Å². The highest BCUT2D eigenvalue weighted by Crippen LogP contribution is 2.42. The van der Waals surface area contributed by atoms with Crippen molar-refractivity contribution < 1.29 is 18.3 Å².